The van der Waals surface area contributed by atoms with Crippen LogP contribution in [0.5, 0.6) is 5.75 Å². The summed E-state index contributed by atoms with van der Waals surface area (Å²) in [5.74, 6) is -1.19. The molecule has 0 atom stereocenters. The van der Waals surface area contributed by atoms with Crippen LogP contribution in [-0.4, -0.2) is 24.7 Å². The molecular weight excluding hydrogens is 352 g/mol. The molecule has 1 aliphatic rings. The van der Waals surface area contributed by atoms with Crippen LogP contribution in [0.3, 0.4) is 0 Å². The van der Waals surface area contributed by atoms with Gasteiger partial charge in [-0.25, -0.2) is 5.43 Å². The van der Waals surface area contributed by atoms with Crippen molar-refractivity contribution >= 4 is 29.4 Å². The van der Waals surface area contributed by atoms with Gasteiger partial charge in [-0.3, -0.25) is 4.79 Å². The number of hydrogen-bond acceptors (Lipinski definition) is 6. The first-order chi connectivity index (χ1) is 12.6. The molecule has 1 aromatic heterocycles. The molecule has 26 heavy (non-hydrogen) atoms. The minimum atomic E-state index is -1.30. The number of nitrogens with zero attached hydrogens (tertiary/aromatic N) is 1. The second kappa shape index (κ2) is 8.62. The second-order valence-corrected chi connectivity index (χ2v) is 7.15. The van der Waals surface area contributed by atoms with Crippen molar-refractivity contribution in [3.8, 4) is 5.75 Å². The van der Waals surface area contributed by atoms with E-state index in [0.717, 1.165) is 12.8 Å². The van der Waals surface area contributed by atoms with E-state index in [2.05, 4.69) is 10.5 Å². The van der Waals surface area contributed by atoms with Crippen molar-refractivity contribution in [2.24, 2.45) is 5.10 Å². The van der Waals surface area contributed by atoms with Gasteiger partial charge in [-0.05, 0) is 49.4 Å². The average Bonchev–Trinajstić information content (AvgIpc) is 2.91. The van der Waals surface area contributed by atoms with Gasteiger partial charge in [0.25, 0.3) is 5.91 Å². The molecule has 0 saturated heterocycles. The number of thiophene rings is 1. The number of fused-ring (bicyclic) bond motifs is 1. The topological polar surface area (TPSA) is 90.8 Å². The fourth-order valence-electron chi connectivity index (χ4n) is 2.85. The molecule has 1 aliphatic carbocycles. The largest absolute Gasteiger partial charge is 0.546 e. The predicted octanol–water partition coefficient (Wildman–Crippen LogP) is 1.91. The third-order valence-corrected chi connectivity index (χ3v) is 5.34. The Morgan fingerprint density at radius 2 is 2.04 bits per heavy atom. The molecule has 1 N–H and O–H groups in total. The number of aryl methyl sites for hydroxylation is 2. The molecule has 0 radical (unpaired) electrons. The first-order valence-electron chi connectivity index (χ1n) is 8.50. The van der Waals surface area contributed by atoms with Crippen molar-refractivity contribution in [1.82, 2.24) is 5.43 Å². The Morgan fingerprint density at radius 3 is 2.88 bits per heavy atom. The van der Waals surface area contributed by atoms with E-state index in [1.807, 2.05) is 6.07 Å². The maximum atomic E-state index is 12.3. The zero-order valence-corrected chi connectivity index (χ0v) is 15.0. The van der Waals surface area contributed by atoms with E-state index in [-0.39, 0.29) is 5.91 Å². The number of carboxylic acid groups (broad SMARTS) is 1. The van der Waals surface area contributed by atoms with Crippen LogP contribution < -0.4 is 15.3 Å². The summed E-state index contributed by atoms with van der Waals surface area (Å²) in [5, 5.41) is 14.5. The number of aliphatic carboxylic acids is 1. The minimum absolute atomic E-state index is 0.243. The van der Waals surface area contributed by atoms with Gasteiger partial charge in [0.15, 0.2) is 0 Å². The predicted molar refractivity (Wildman–Crippen MR) is 97.6 cm³/mol. The van der Waals surface area contributed by atoms with E-state index in [9.17, 15) is 14.7 Å². The zero-order valence-electron chi connectivity index (χ0n) is 14.2. The van der Waals surface area contributed by atoms with Gasteiger partial charge in [0.2, 0.25) is 0 Å². The van der Waals surface area contributed by atoms with Gasteiger partial charge in [-0.1, -0.05) is 18.6 Å². The van der Waals surface area contributed by atoms with E-state index in [0.29, 0.717) is 16.2 Å². The Bertz CT molecular complexity index is 805. The van der Waals surface area contributed by atoms with E-state index >= 15 is 0 Å². The third-order valence-electron chi connectivity index (χ3n) is 4.10. The van der Waals surface area contributed by atoms with Crippen LogP contribution in [0, 0.1) is 0 Å². The van der Waals surface area contributed by atoms with Crippen molar-refractivity contribution in [2.45, 2.75) is 32.1 Å². The molecule has 7 heteroatoms. The molecule has 1 heterocycles. The number of hydrogen-bond donors (Lipinski definition) is 1. The Kier molecular flexibility index (Phi) is 6.01. The van der Waals surface area contributed by atoms with Crippen LogP contribution in [0.2, 0.25) is 0 Å². The molecule has 0 unspecified atom stereocenters. The highest BCUT2D eigenvalue weighted by Crippen LogP contribution is 2.28. The second-order valence-electron chi connectivity index (χ2n) is 6.02. The maximum Gasteiger partial charge on any atom is 0.281 e. The third kappa shape index (κ3) is 4.70. The zero-order chi connectivity index (χ0) is 18.4. The highest BCUT2D eigenvalue weighted by molar-refractivity contribution is 7.14. The average molecular weight is 371 g/mol. The quantitative estimate of drug-likeness (QED) is 0.477. The summed E-state index contributed by atoms with van der Waals surface area (Å²) in [6.07, 6.45) is 7.10. The first-order valence-corrected chi connectivity index (χ1v) is 9.32. The van der Waals surface area contributed by atoms with Gasteiger partial charge >= 0.3 is 0 Å². The highest BCUT2D eigenvalue weighted by atomic mass is 32.1. The SMILES string of the molecule is O=C([O-])COc1ccccc1/C=N\NC(=O)c1cc2c(s1)CCCCC2. The van der Waals surface area contributed by atoms with Gasteiger partial charge in [0.1, 0.15) is 12.4 Å². The van der Waals surface area contributed by atoms with E-state index in [1.54, 1.807) is 24.3 Å². The smallest absolute Gasteiger partial charge is 0.281 e. The minimum Gasteiger partial charge on any atom is -0.546 e. The lowest BCUT2D eigenvalue weighted by Crippen LogP contribution is -2.29. The summed E-state index contributed by atoms with van der Waals surface area (Å²) in [4.78, 5) is 24.8. The van der Waals surface area contributed by atoms with Crippen LogP contribution >= 0.6 is 11.3 Å². The van der Waals surface area contributed by atoms with Gasteiger partial charge in [0.05, 0.1) is 17.1 Å². The number of nitrogens with one attached hydrogen (secondary N) is 1. The fraction of sp³-hybridized carbons (Fsp3) is 0.316. The number of ether oxygens (including phenoxy) is 1. The maximum absolute atomic E-state index is 12.3. The van der Waals surface area contributed by atoms with Crippen molar-refractivity contribution in [2.75, 3.05) is 6.61 Å². The molecule has 6 nitrogen and oxygen atoms in total. The van der Waals surface area contributed by atoms with Gasteiger partial charge < -0.3 is 14.6 Å². The van der Waals surface area contributed by atoms with E-state index in [1.165, 1.54) is 47.3 Å². The number of carbonyl (C=O) groups excluding carboxylic acids is 2. The summed E-state index contributed by atoms with van der Waals surface area (Å²) < 4.78 is 5.14. The normalized spacial score (nSPS) is 13.8. The van der Waals surface area contributed by atoms with E-state index < -0.39 is 12.6 Å². The molecule has 3 rings (SSSR count). The standard InChI is InChI=1S/C19H20N2O4S/c22-18(23)12-25-15-8-5-4-7-14(15)11-20-21-19(24)17-10-13-6-2-1-3-9-16(13)26-17/h4-5,7-8,10-11H,1-3,6,9,12H2,(H,21,24)(H,22,23)/p-1/b20-11-. The van der Waals surface area contributed by atoms with Crippen molar-refractivity contribution in [1.29, 1.82) is 0 Å². The van der Waals surface area contributed by atoms with E-state index in [4.69, 9.17) is 4.74 Å². The first kappa shape index (κ1) is 18.1. The summed E-state index contributed by atoms with van der Waals surface area (Å²) in [5.41, 5.74) is 4.37. The van der Waals surface area contributed by atoms with Crippen molar-refractivity contribution in [3.63, 3.8) is 0 Å². The Hall–Kier alpha value is -2.67. The molecule has 2 aromatic rings. The molecule has 0 bridgehead atoms. The molecule has 136 valence electrons. The lowest BCUT2D eigenvalue weighted by Gasteiger charge is -2.08. The van der Waals surface area contributed by atoms with Gasteiger partial charge in [-0.15, -0.1) is 11.3 Å². The Balaban J connectivity index is 1.63. The lowest BCUT2D eigenvalue weighted by molar-refractivity contribution is -0.307. The van der Waals surface area contributed by atoms with Crippen LogP contribution in [-0.2, 0) is 17.6 Å². The number of hydrazone groups is 1. The van der Waals surface area contributed by atoms with Crippen molar-refractivity contribution in [3.05, 3.63) is 51.2 Å². The number of para-hydroxylation sites is 1. The molecule has 0 saturated carbocycles. The van der Waals surface area contributed by atoms with Crippen molar-refractivity contribution < 1.29 is 19.4 Å². The summed E-state index contributed by atoms with van der Waals surface area (Å²) in [6, 6.07) is 8.80. The van der Waals surface area contributed by atoms with Crippen LogP contribution in [0.4, 0.5) is 0 Å². The van der Waals surface area contributed by atoms with Gasteiger partial charge in [-0.2, -0.15) is 5.10 Å². The summed E-state index contributed by atoms with van der Waals surface area (Å²) in [7, 11) is 0. The van der Waals surface area contributed by atoms with Crippen LogP contribution in [0.25, 0.3) is 0 Å². The molecule has 1 amide bonds. The summed E-state index contributed by atoms with van der Waals surface area (Å²) in [6.45, 7) is -0.544. The lowest BCUT2D eigenvalue weighted by atomic mass is 10.1. The number of benzene rings is 1. The molecular formula is C19H19N2O4S-. The van der Waals surface area contributed by atoms with Gasteiger partial charge in [0, 0.05) is 10.4 Å². The monoisotopic (exact) mass is 371 g/mol. The highest BCUT2D eigenvalue weighted by Gasteiger charge is 2.16. The Labute approximate surface area is 155 Å². The Morgan fingerprint density at radius 1 is 1.23 bits per heavy atom. The number of carbonyl (C=O) groups is 2. The fourth-order valence-corrected chi connectivity index (χ4v) is 3.99. The van der Waals surface area contributed by atoms with Crippen LogP contribution in [0.1, 0.15) is 44.9 Å². The molecule has 0 aliphatic heterocycles. The number of carboxylic acids is 1. The number of rotatable bonds is 6. The molecule has 0 fully saturated rings. The molecule has 0 spiro atoms. The van der Waals surface area contributed by atoms with Crippen LogP contribution in [0.15, 0.2) is 35.4 Å². The molecule has 1 aromatic carbocycles. The summed E-state index contributed by atoms with van der Waals surface area (Å²) >= 11 is 1.53. The number of amides is 1.